The van der Waals surface area contributed by atoms with Gasteiger partial charge < -0.3 is 10.2 Å². The van der Waals surface area contributed by atoms with Gasteiger partial charge in [0.1, 0.15) is 5.75 Å². The quantitative estimate of drug-likeness (QED) is 0.593. The number of amides is 1. The molecule has 108 valence electrons. The number of carbonyl (C=O) groups is 1. The summed E-state index contributed by atoms with van der Waals surface area (Å²) in [5.41, 5.74) is 4.03. The van der Waals surface area contributed by atoms with E-state index in [4.69, 9.17) is 0 Å². The zero-order valence-corrected chi connectivity index (χ0v) is 11.5. The standard InChI is InChI=1S/C16H16N2O3/c1-11(13-8-5-9-14(19)10-13)17-18-16(21)15(20)12-6-3-2-4-7-12/h2-10,15,19-20H,1H3,(H,18,21)/b17-11+. The van der Waals surface area contributed by atoms with E-state index in [0.717, 1.165) is 0 Å². The van der Waals surface area contributed by atoms with Crippen LogP contribution in [0.5, 0.6) is 5.75 Å². The zero-order valence-electron chi connectivity index (χ0n) is 11.5. The van der Waals surface area contributed by atoms with Gasteiger partial charge in [0.25, 0.3) is 5.91 Å². The van der Waals surface area contributed by atoms with Crippen LogP contribution in [0.3, 0.4) is 0 Å². The first-order valence-corrected chi connectivity index (χ1v) is 6.44. The monoisotopic (exact) mass is 284 g/mol. The van der Waals surface area contributed by atoms with Gasteiger partial charge in [0, 0.05) is 5.56 Å². The highest BCUT2D eigenvalue weighted by Crippen LogP contribution is 2.13. The maximum Gasteiger partial charge on any atom is 0.273 e. The topological polar surface area (TPSA) is 81.9 Å². The van der Waals surface area contributed by atoms with Crippen LogP contribution in [0.4, 0.5) is 0 Å². The van der Waals surface area contributed by atoms with Gasteiger partial charge in [-0.3, -0.25) is 4.79 Å². The third-order valence-electron chi connectivity index (χ3n) is 2.96. The smallest absolute Gasteiger partial charge is 0.273 e. The van der Waals surface area contributed by atoms with E-state index in [9.17, 15) is 15.0 Å². The molecule has 0 aliphatic carbocycles. The van der Waals surface area contributed by atoms with E-state index in [-0.39, 0.29) is 5.75 Å². The van der Waals surface area contributed by atoms with Gasteiger partial charge in [0.15, 0.2) is 6.10 Å². The second-order valence-electron chi connectivity index (χ2n) is 4.54. The molecule has 0 spiro atoms. The van der Waals surface area contributed by atoms with Crippen LogP contribution in [0.2, 0.25) is 0 Å². The van der Waals surface area contributed by atoms with E-state index in [1.807, 2.05) is 0 Å². The number of phenolic OH excluding ortho intramolecular Hbond substituents is 1. The zero-order chi connectivity index (χ0) is 15.2. The second-order valence-corrected chi connectivity index (χ2v) is 4.54. The Labute approximate surface area is 122 Å². The van der Waals surface area contributed by atoms with Crippen molar-refractivity contribution in [2.75, 3.05) is 0 Å². The lowest BCUT2D eigenvalue weighted by atomic mass is 10.1. The van der Waals surface area contributed by atoms with E-state index < -0.39 is 12.0 Å². The number of aliphatic hydroxyl groups excluding tert-OH is 1. The Morgan fingerprint density at radius 3 is 2.52 bits per heavy atom. The molecular formula is C16H16N2O3. The van der Waals surface area contributed by atoms with Gasteiger partial charge in [0.05, 0.1) is 5.71 Å². The molecule has 0 aromatic heterocycles. The number of hydrogen-bond acceptors (Lipinski definition) is 4. The van der Waals surface area contributed by atoms with Gasteiger partial charge in [-0.05, 0) is 24.6 Å². The molecular weight excluding hydrogens is 268 g/mol. The Bertz CT molecular complexity index is 654. The van der Waals surface area contributed by atoms with Crippen LogP contribution in [0.25, 0.3) is 0 Å². The summed E-state index contributed by atoms with van der Waals surface area (Å²) in [6.07, 6.45) is -1.27. The number of carbonyl (C=O) groups excluding carboxylic acids is 1. The van der Waals surface area contributed by atoms with Crippen molar-refractivity contribution in [3.8, 4) is 5.75 Å². The number of aliphatic hydroxyl groups is 1. The normalized spacial score (nSPS) is 12.8. The first-order chi connectivity index (χ1) is 10.1. The average Bonchev–Trinajstić information content (AvgIpc) is 2.52. The molecule has 5 nitrogen and oxygen atoms in total. The second kappa shape index (κ2) is 6.67. The van der Waals surface area contributed by atoms with Crippen molar-refractivity contribution in [1.29, 1.82) is 0 Å². The first kappa shape index (κ1) is 14.7. The van der Waals surface area contributed by atoms with Crippen LogP contribution in [0.15, 0.2) is 59.7 Å². The van der Waals surface area contributed by atoms with Crippen molar-refractivity contribution in [2.24, 2.45) is 5.10 Å². The number of aromatic hydroxyl groups is 1. The van der Waals surface area contributed by atoms with Gasteiger partial charge in [-0.2, -0.15) is 5.10 Å². The molecule has 1 atom stereocenters. The van der Waals surface area contributed by atoms with E-state index in [0.29, 0.717) is 16.8 Å². The average molecular weight is 284 g/mol. The van der Waals surface area contributed by atoms with E-state index in [2.05, 4.69) is 10.5 Å². The van der Waals surface area contributed by atoms with Gasteiger partial charge in [0.2, 0.25) is 0 Å². The SMILES string of the molecule is C/C(=N\NC(=O)C(O)c1ccccc1)c1cccc(O)c1. The highest BCUT2D eigenvalue weighted by Gasteiger charge is 2.16. The molecule has 1 unspecified atom stereocenters. The van der Waals surface area contributed by atoms with Gasteiger partial charge >= 0.3 is 0 Å². The number of rotatable bonds is 4. The predicted molar refractivity (Wildman–Crippen MR) is 79.9 cm³/mol. The number of benzene rings is 2. The lowest BCUT2D eigenvalue weighted by molar-refractivity contribution is -0.129. The maximum atomic E-state index is 11.8. The fourth-order valence-electron chi connectivity index (χ4n) is 1.78. The number of nitrogens with zero attached hydrogens (tertiary/aromatic N) is 1. The molecule has 2 rings (SSSR count). The lowest BCUT2D eigenvalue weighted by Crippen LogP contribution is -2.26. The van der Waals surface area contributed by atoms with Gasteiger partial charge in [-0.1, -0.05) is 42.5 Å². The van der Waals surface area contributed by atoms with Crippen molar-refractivity contribution >= 4 is 11.6 Å². The Kier molecular flexibility index (Phi) is 4.68. The van der Waals surface area contributed by atoms with E-state index in [1.165, 1.54) is 0 Å². The van der Waals surface area contributed by atoms with Crippen LogP contribution >= 0.6 is 0 Å². The third kappa shape index (κ3) is 3.90. The number of hydrazone groups is 1. The molecule has 1 amide bonds. The van der Waals surface area contributed by atoms with Crippen LogP contribution < -0.4 is 5.43 Å². The molecule has 0 fully saturated rings. The predicted octanol–water partition coefficient (Wildman–Crippen LogP) is 1.97. The number of nitrogens with one attached hydrogen (secondary N) is 1. The highest BCUT2D eigenvalue weighted by atomic mass is 16.3. The van der Waals surface area contributed by atoms with E-state index >= 15 is 0 Å². The molecule has 2 aromatic rings. The summed E-state index contributed by atoms with van der Waals surface area (Å²) < 4.78 is 0. The molecule has 0 aliphatic heterocycles. The first-order valence-electron chi connectivity index (χ1n) is 6.44. The summed E-state index contributed by atoms with van der Waals surface area (Å²) in [5, 5.41) is 23.2. The fraction of sp³-hybridized carbons (Fsp3) is 0.125. The molecule has 0 aliphatic rings. The van der Waals surface area contributed by atoms with Crippen molar-refractivity contribution < 1.29 is 15.0 Å². The minimum absolute atomic E-state index is 0.123. The molecule has 21 heavy (non-hydrogen) atoms. The lowest BCUT2D eigenvalue weighted by Gasteiger charge is -2.09. The fourth-order valence-corrected chi connectivity index (χ4v) is 1.78. The Balaban J connectivity index is 2.05. The van der Waals surface area contributed by atoms with Crippen molar-refractivity contribution in [1.82, 2.24) is 5.43 Å². The molecule has 3 N–H and O–H groups in total. The third-order valence-corrected chi connectivity index (χ3v) is 2.96. The van der Waals surface area contributed by atoms with Crippen LogP contribution in [-0.4, -0.2) is 21.8 Å². The summed E-state index contributed by atoms with van der Waals surface area (Å²) >= 11 is 0. The summed E-state index contributed by atoms with van der Waals surface area (Å²) in [5.74, 6) is -0.488. The maximum absolute atomic E-state index is 11.8. The summed E-state index contributed by atoms with van der Waals surface area (Å²) in [7, 11) is 0. The van der Waals surface area contributed by atoms with Crippen molar-refractivity contribution in [3.05, 3.63) is 65.7 Å². The van der Waals surface area contributed by atoms with Crippen LogP contribution in [0, 0.1) is 0 Å². The minimum Gasteiger partial charge on any atom is -0.508 e. The molecule has 0 heterocycles. The summed E-state index contributed by atoms with van der Waals surface area (Å²) in [6, 6.07) is 15.2. The van der Waals surface area contributed by atoms with Crippen molar-refractivity contribution in [2.45, 2.75) is 13.0 Å². The Morgan fingerprint density at radius 2 is 1.86 bits per heavy atom. The molecule has 0 saturated heterocycles. The van der Waals surface area contributed by atoms with Gasteiger partial charge in [-0.25, -0.2) is 5.43 Å². The minimum atomic E-state index is -1.27. The molecule has 2 aromatic carbocycles. The Hall–Kier alpha value is -2.66. The van der Waals surface area contributed by atoms with Crippen molar-refractivity contribution in [3.63, 3.8) is 0 Å². The van der Waals surface area contributed by atoms with E-state index in [1.54, 1.807) is 61.5 Å². The molecule has 5 heteroatoms. The highest BCUT2D eigenvalue weighted by molar-refractivity contribution is 5.99. The largest absolute Gasteiger partial charge is 0.508 e. The van der Waals surface area contributed by atoms with Gasteiger partial charge in [-0.15, -0.1) is 0 Å². The molecule has 0 saturated carbocycles. The number of phenols is 1. The Morgan fingerprint density at radius 1 is 1.14 bits per heavy atom. The molecule has 0 radical (unpaired) electrons. The van der Waals surface area contributed by atoms with Crippen LogP contribution in [-0.2, 0) is 4.79 Å². The molecule has 0 bridgehead atoms. The summed E-state index contributed by atoms with van der Waals surface area (Å²) in [4.78, 5) is 11.8. The number of hydrogen-bond donors (Lipinski definition) is 3. The van der Waals surface area contributed by atoms with Crippen LogP contribution in [0.1, 0.15) is 24.2 Å². The summed E-state index contributed by atoms with van der Waals surface area (Å²) in [6.45, 7) is 1.70.